The lowest BCUT2D eigenvalue weighted by Gasteiger charge is -2.09. The van der Waals surface area contributed by atoms with E-state index in [0.29, 0.717) is 30.2 Å². The molecule has 0 aromatic heterocycles. The first-order valence-corrected chi connectivity index (χ1v) is 9.46. The van der Waals surface area contributed by atoms with Gasteiger partial charge in [-0.1, -0.05) is 23.7 Å². The zero-order valence-corrected chi connectivity index (χ0v) is 14.9. The summed E-state index contributed by atoms with van der Waals surface area (Å²) in [6.45, 7) is 0.557. The number of nitrogens with one attached hydrogen (secondary N) is 1. The monoisotopic (exact) mass is 383 g/mol. The van der Waals surface area contributed by atoms with Gasteiger partial charge in [0.05, 0.1) is 11.5 Å². The summed E-state index contributed by atoms with van der Waals surface area (Å²) >= 11 is 5.74. The van der Waals surface area contributed by atoms with Crippen LogP contribution in [0.5, 0.6) is 5.75 Å². The molecule has 0 spiro atoms. The molecule has 0 aliphatic carbocycles. The minimum Gasteiger partial charge on any atom is -0.493 e. The predicted molar refractivity (Wildman–Crippen MR) is 94.8 cm³/mol. The Bertz CT molecular complexity index is 821. The molecule has 25 heavy (non-hydrogen) atoms. The molecule has 0 saturated heterocycles. The quantitative estimate of drug-likeness (QED) is 0.649. The number of unbranched alkanes of at least 4 members (excludes halogenated alkanes) is 1. The summed E-state index contributed by atoms with van der Waals surface area (Å²) in [4.78, 5) is 11.2. The molecule has 134 valence electrons. The van der Waals surface area contributed by atoms with Crippen molar-refractivity contribution in [2.24, 2.45) is 0 Å². The van der Waals surface area contributed by atoms with Gasteiger partial charge in [0.25, 0.3) is 0 Å². The van der Waals surface area contributed by atoms with E-state index in [-0.39, 0.29) is 17.0 Å². The van der Waals surface area contributed by atoms with Crippen LogP contribution in [0.2, 0.25) is 5.02 Å². The highest BCUT2D eigenvalue weighted by atomic mass is 35.5. The molecule has 0 fully saturated rings. The van der Waals surface area contributed by atoms with Crippen molar-refractivity contribution in [3.8, 4) is 5.75 Å². The largest absolute Gasteiger partial charge is 0.493 e. The Balaban J connectivity index is 1.75. The molecule has 2 N–H and O–H groups in total. The van der Waals surface area contributed by atoms with Gasteiger partial charge >= 0.3 is 5.97 Å². The van der Waals surface area contributed by atoms with E-state index in [2.05, 4.69) is 4.72 Å². The molecule has 0 saturated carbocycles. The summed E-state index contributed by atoms with van der Waals surface area (Å²) in [5.74, 6) is -0.747. The second-order valence-electron chi connectivity index (χ2n) is 5.21. The van der Waals surface area contributed by atoms with Crippen LogP contribution in [0.15, 0.2) is 53.4 Å². The standard InChI is InChI=1S/C17H18ClNO5S/c18-13-7-9-14(10-8-13)25(22,23)19-11-3-4-12-24-16-6-2-1-5-15(16)17(20)21/h1-2,5-10,19H,3-4,11-12H2,(H,20,21). The van der Waals surface area contributed by atoms with Crippen molar-refractivity contribution >= 4 is 27.6 Å². The van der Waals surface area contributed by atoms with E-state index in [1.165, 1.54) is 30.3 Å². The molecule has 8 heteroatoms. The highest BCUT2D eigenvalue weighted by Crippen LogP contribution is 2.18. The van der Waals surface area contributed by atoms with Crippen molar-refractivity contribution in [3.05, 3.63) is 59.1 Å². The molecule has 2 aromatic carbocycles. The number of benzene rings is 2. The zero-order chi connectivity index (χ0) is 18.3. The Morgan fingerprint density at radius 3 is 2.44 bits per heavy atom. The maximum atomic E-state index is 12.1. The molecule has 6 nitrogen and oxygen atoms in total. The minimum absolute atomic E-state index is 0.103. The van der Waals surface area contributed by atoms with Crippen LogP contribution >= 0.6 is 11.6 Å². The lowest BCUT2D eigenvalue weighted by Crippen LogP contribution is -2.25. The number of hydrogen-bond donors (Lipinski definition) is 2. The van der Waals surface area contributed by atoms with E-state index in [0.717, 1.165) is 0 Å². The summed E-state index contributed by atoms with van der Waals surface area (Å²) in [5.41, 5.74) is 0.103. The Morgan fingerprint density at radius 2 is 1.76 bits per heavy atom. The smallest absolute Gasteiger partial charge is 0.339 e. The number of halogens is 1. The number of carbonyl (C=O) groups is 1. The van der Waals surface area contributed by atoms with Crippen LogP contribution in [0.4, 0.5) is 0 Å². The number of aromatic carboxylic acids is 1. The fraction of sp³-hybridized carbons (Fsp3) is 0.235. The number of carboxylic acids is 1. The van der Waals surface area contributed by atoms with Crippen LogP contribution in [-0.2, 0) is 10.0 Å². The molecular formula is C17H18ClNO5S. The summed E-state index contributed by atoms with van der Waals surface area (Å²) in [6.07, 6.45) is 1.14. The maximum Gasteiger partial charge on any atom is 0.339 e. The SMILES string of the molecule is O=C(O)c1ccccc1OCCCCNS(=O)(=O)c1ccc(Cl)cc1. The van der Waals surface area contributed by atoms with Crippen LogP contribution in [0, 0.1) is 0 Å². The Hall–Kier alpha value is -2.09. The average Bonchev–Trinajstić information content (AvgIpc) is 2.58. The van der Waals surface area contributed by atoms with Gasteiger partial charge in [-0.3, -0.25) is 0 Å². The van der Waals surface area contributed by atoms with Crippen LogP contribution in [0.1, 0.15) is 23.2 Å². The molecule has 0 atom stereocenters. The average molecular weight is 384 g/mol. The summed E-state index contributed by atoms with van der Waals surface area (Å²) in [7, 11) is -3.56. The predicted octanol–water partition coefficient (Wildman–Crippen LogP) is 3.18. The van der Waals surface area contributed by atoms with Gasteiger partial charge in [0, 0.05) is 11.6 Å². The molecule has 2 aromatic rings. The first-order chi connectivity index (χ1) is 11.9. The number of hydrogen-bond acceptors (Lipinski definition) is 4. The van der Waals surface area contributed by atoms with Crippen molar-refractivity contribution in [2.75, 3.05) is 13.2 Å². The van der Waals surface area contributed by atoms with Gasteiger partial charge in [-0.2, -0.15) is 0 Å². The number of rotatable bonds is 9. The lowest BCUT2D eigenvalue weighted by atomic mass is 10.2. The van der Waals surface area contributed by atoms with Crippen molar-refractivity contribution in [1.29, 1.82) is 0 Å². The highest BCUT2D eigenvalue weighted by Gasteiger charge is 2.13. The van der Waals surface area contributed by atoms with E-state index < -0.39 is 16.0 Å². The van der Waals surface area contributed by atoms with Crippen LogP contribution < -0.4 is 9.46 Å². The molecule has 0 unspecified atom stereocenters. The first kappa shape index (κ1) is 19.2. The topological polar surface area (TPSA) is 92.7 Å². The van der Waals surface area contributed by atoms with Crippen molar-refractivity contribution < 1.29 is 23.1 Å². The van der Waals surface area contributed by atoms with Gasteiger partial charge < -0.3 is 9.84 Å². The van der Waals surface area contributed by atoms with E-state index in [1.807, 2.05) is 0 Å². The molecule has 0 aliphatic rings. The Morgan fingerprint density at radius 1 is 1.08 bits per heavy atom. The van der Waals surface area contributed by atoms with Gasteiger partial charge in [0.1, 0.15) is 11.3 Å². The van der Waals surface area contributed by atoms with Gasteiger partial charge in [-0.05, 0) is 49.2 Å². The van der Waals surface area contributed by atoms with Gasteiger partial charge in [0.15, 0.2) is 0 Å². The zero-order valence-electron chi connectivity index (χ0n) is 13.3. The number of para-hydroxylation sites is 1. The van der Waals surface area contributed by atoms with Crippen molar-refractivity contribution in [1.82, 2.24) is 4.72 Å². The fourth-order valence-electron chi connectivity index (χ4n) is 2.08. The van der Waals surface area contributed by atoms with E-state index >= 15 is 0 Å². The molecule has 0 heterocycles. The number of ether oxygens (including phenoxy) is 1. The van der Waals surface area contributed by atoms with Crippen LogP contribution in [0.25, 0.3) is 0 Å². The number of carboxylic acid groups (broad SMARTS) is 1. The summed E-state index contributed by atoms with van der Waals surface area (Å²) in [6, 6.07) is 12.3. The fourth-order valence-corrected chi connectivity index (χ4v) is 3.28. The van der Waals surface area contributed by atoms with Crippen molar-refractivity contribution in [3.63, 3.8) is 0 Å². The normalized spacial score (nSPS) is 11.2. The van der Waals surface area contributed by atoms with E-state index in [1.54, 1.807) is 18.2 Å². The van der Waals surface area contributed by atoms with Crippen LogP contribution in [-0.4, -0.2) is 32.6 Å². The van der Waals surface area contributed by atoms with Gasteiger partial charge in [0.2, 0.25) is 10.0 Å². The summed E-state index contributed by atoms with van der Waals surface area (Å²) < 4.78 is 32.1. The van der Waals surface area contributed by atoms with Crippen molar-refractivity contribution in [2.45, 2.75) is 17.7 Å². The summed E-state index contributed by atoms with van der Waals surface area (Å²) in [5, 5.41) is 9.53. The molecule has 0 radical (unpaired) electrons. The van der Waals surface area contributed by atoms with Crippen LogP contribution in [0.3, 0.4) is 0 Å². The third kappa shape index (κ3) is 5.74. The molecule has 0 bridgehead atoms. The molecule has 0 aliphatic heterocycles. The number of sulfonamides is 1. The third-order valence-corrected chi connectivity index (χ3v) is 5.09. The Kier molecular flexibility index (Phi) is 6.81. The second-order valence-corrected chi connectivity index (χ2v) is 7.41. The third-order valence-electron chi connectivity index (χ3n) is 3.36. The minimum atomic E-state index is -3.56. The second kappa shape index (κ2) is 8.84. The lowest BCUT2D eigenvalue weighted by molar-refractivity contribution is 0.0692. The molecule has 2 rings (SSSR count). The molecule has 0 amide bonds. The molecular weight excluding hydrogens is 366 g/mol. The highest BCUT2D eigenvalue weighted by molar-refractivity contribution is 7.89. The first-order valence-electron chi connectivity index (χ1n) is 7.60. The Labute approximate surface area is 151 Å². The van der Waals surface area contributed by atoms with E-state index in [9.17, 15) is 13.2 Å². The van der Waals surface area contributed by atoms with Gasteiger partial charge in [-0.25, -0.2) is 17.9 Å². The maximum absolute atomic E-state index is 12.1. The van der Waals surface area contributed by atoms with Gasteiger partial charge in [-0.15, -0.1) is 0 Å². The van der Waals surface area contributed by atoms with E-state index in [4.69, 9.17) is 21.4 Å².